The molecular weight excluding hydrogens is 364 g/mol. The zero-order valence-corrected chi connectivity index (χ0v) is 15.7. The number of pyridine rings is 3. The minimum atomic E-state index is -0.691. The van der Waals surface area contributed by atoms with E-state index in [9.17, 15) is 4.79 Å². The van der Waals surface area contributed by atoms with Gasteiger partial charge in [0.25, 0.3) is 0 Å². The fourth-order valence-electron chi connectivity index (χ4n) is 3.23. The van der Waals surface area contributed by atoms with Crippen molar-refractivity contribution in [3.05, 3.63) is 90.3 Å². The van der Waals surface area contributed by atoms with Crippen LogP contribution in [0, 0.1) is 6.92 Å². The Morgan fingerprint density at radius 1 is 0.897 bits per heavy atom. The van der Waals surface area contributed by atoms with Gasteiger partial charge in [0.15, 0.2) is 0 Å². The van der Waals surface area contributed by atoms with Gasteiger partial charge in [0.2, 0.25) is 5.91 Å². The highest BCUT2D eigenvalue weighted by Crippen LogP contribution is 2.28. The molecule has 29 heavy (non-hydrogen) atoms. The normalized spacial score (nSPS) is 11.8. The van der Waals surface area contributed by atoms with Gasteiger partial charge in [0.05, 0.1) is 29.5 Å². The first-order valence-corrected chi connectivity index (χ1v) is 9.04. The lowest BCUT2D eigenvalue weighted by atomic mass is 9.93. The van der Waals surface area contributed by atoms with E-state index in [-0.39, 0.29) is 0 Å². The van der Waals surface area contributed by atoms with Crippen LogP contribution < -0.4 is 5.73 Å². The second-order valence-corrected chi connectivity index (χ2v) is 6.59. The Balaban J connectivity index is 1.68. The van der Waals surface area contributed by atoms with Crippen LogP contribution in [-0.4, -0.2) is 31.1 Å². The minimum Gasteiger partial charge on any atom is -0.369 e. The average Bonchev–Trinajstić information content (AvgIpc) is 2.75. The molecule has 0 radical (unpaired) electrons. The van der Waals surface area contributed by atoms with Gasteiger partial charge in [-0.2, -0.15) is 10.2 Å². The highest BCUT2D eigenvalue weighted by molar-refractivity contribution is 5.85. The minimum absolute atomic E-state index is 0.484. The number of aryl methyl sites for hydroxylation is 1. The first-order valence-electron chi connectivity index (χ1n) is 9.04. The molecule has 142 valence electrons. The molecule has 7 nitrogen and oxygen atoms in total. The van der Waals surface area contributed by atoms with E-state index in [1.807, 2.05) is 43.3 Å². The molecule has 4 heterocycles. The van der Waals surface area contributed by atoms with E-state index in [1.54, 1.807) is 37.1 Å². The van der Waals surface area contributed by atoms with Crippen molar-refractivity contribution in [3.63, 3.8) is 0 Å². The lowest BCUT2D eigenvalue weighted by Crippen LogP contribution is -2.23. The highest BCUT2D eigenvalue weighted by atomic mass is 16.1. The maximum Gasteiger partial charge on any atom is 0.231 e. The number of rotatable bonds is 5. The zero-order valence-electron chi connectivity index (χ0n) is 15.7. The monoisotopic (exact) mass is 382 g/mol. The van der Waals surface area contributed by atoms with Gasteiger partial charge in [-0.15, -0.1) is 0 Å². The van der Waals surface area contributed by atoms with Crippen molar-refractivity contribution in [3.8, 4) is 22.5 Å². The topological polar surface area (TPSA) is 108 Å². The molecule has 1 unspecified atom stereocenters. The number of primary amides is 1. The predicted octanol–water partition coefficient (Wildman–Crippen LogP) is 2.92. The third-order valence-corrected chi connectivity index (χ3v) is 4.62. The van der Waals surface area contributed by atoms with Crippen LogP contribution in [0.3, 0.4) is 0 Å². The van der Waals surface area contributed by atoms with Crippen molar-refractivity contribution in [2.24, 2.45) is 5.73 Å². The molecule has 0 fully saturated rings. The van der Waals surface area contributed by atoms with Crippen molar-refractivity contribution >= 4 is 5.91 Å². The van der Waals surface area contributed by atoms with Gasteiger partial charge in [0.1, 0.15) is 5.92 Å². The van der Waals surface area contributed by atoms with Crippen molar-refractivity contribution in [1.29, 1.82) is 0 Å². The molecule has 0 saturated heterocycles. The molecule has 0 aliphatic heterocycles. The van der Waals surface area contributed by atoms with Gasteiger partial charge in [-0.3, -0.25) is 19.7 Å². The second kappa shape index (κ2) is 7.93. The number of carbonyl (C=O) groups excluding carboxylic acids is 1. The average molecular weight is 382 g/mol. The van der Waals surface area contributed by atoms with Gasteiger partial charge in [-0.05, 0) is 48.4 Å². The van der Waals surface area contributed by atoms with Crippen LogP contribution >= 0.6 is 0 Å². The molecule has 2 N–H and O–H groups in total. The highest BCUT2D eigenvalue weighted by Gasteiger charge is 2.23. The van der Waals surface area contributed by atoms with E-state index in [0.29, 0.717) is 11.3 Å². The van der Waals surface area contributed by atoms with Crippen molar-refractivity contribution in [1.82, 2.24) is 25.1 Å². The second-order valence-electron chi connectivity index (χ2n) is 6.59. The summed E-state index contributed by atoms with van der Waals surface area (Å²) in [5.74, 6) is -1.17. The van der Waals surface area contributed by atoms with E-state index >= 15 is 0 Å². The number of hydrogen-bond acceptors (Lipinski definition) is 6. The summed E-state index contributed by atoms with van der Waals surface area (Å²) in [7, 11) is 0. The lowest BCUT2D eigenvalue weighted by molar-refractivity contribution is -0.118. The van der Waals surface area contributed by atoms with E-state index in [2.05, 4.69) is 25.1 Å². The molecule has 0 aliphatic carbocycles. The van der Waals surface area contributed by atoms with Gasteiger partial charge >= 0.3 is 0 Å². The number of nitrogens with two attached hydrogens (primary N) is 1. The van der Waals surface area contributed by atoms with Gasteiger partial charge in [-0.25, -0.2) is 0 Å². The largest absolute Gasteiger partial charge is 0.369 e. The molecule has 7 heteroatoms. The van der Waals surface area contributed by atoms with Crippen LogP contribution in [0.4, 0.5) is 0 Å². The Labute approximate surface area is 167 Å². The number of carbonyl (C=O) groups is 1. The fraction of sp³-hybridized carbons (Fsp3) is 0.0909. The Morgan fingerprint density at radius 2 is 1.79 bits per heavy atom. The summed E-state index contributed by atoms with van der Waals surface area (Å²) in [5.41, 5.74) is 11.2. The third-order valence-electron chi connectivity index (χ3n) is 4.62. The van der Waals surface area contributed by atoms with E-state index in [1.165, 1.54) is 0 Å². The predicted molar refractivity (Wildman–Crippen MR) is 109 cm³/mol. The first-order chi connectivity index (χ1) is 14.1. The molecule has 0 spiro atoms. The summed E-state index contributed by atoms with van der Waals surface area (Å²) in [6.45, 7) is 1.93. The summed E-state index contributed by atoms with van der Waals surface area (Å²) >= 11 is 0. The SMILES string of the molecule is Cc1cc(C(C(N)=O)c2ccc(-c3ccccn3)cn2)cnc1-c1ccnnc1. The van der Waals surface area contributed by atoms with E-state index in [0.717, 1.165) is 28.1 Å². The van der Waals surface area contributed by atoms with Gasteiger partial charge in [-0.1, -0.05) is 12.1 Å². The Hall–Kier alpha value is -4.00. The summed E-state index contributed by atoms with van der Waals surface area (Å²) < 4.78 is 0. The molecule has 4 aromatic rings. The summed E-state index contributed by atoms with van der Waals surface area (Å²) in [5, 5.41) is 7.68. The van der Waals surface area contributed by atoms with Crippen molar-refractivity contribution in [2.75, 3.05) is 0 Å². The molecule has 0 aromatic carbocycles. The van der Waals surface area contributed by atoms with Crippen LogP contribution in [-0.2, 0) is 4.79 Å². The Kier molecular flexibility index (Phi) is 5.03. The van der Waals surface area contributed by atoms with Crippen LogP contribution in [0.15, 0.2) is 73.4 Å². The quantitative estimate of drug-likeness (QED) is 0.569. The summed E-state index contributed by atoms with van der Waals surface area (Å²) in [4.78, 5) is 25.6. The Bertz CT molecular complexity index is 1130. The molecule has 4 aromatic heterocycles. The van der Waals surface area contributed by atoms with Gasteiger partial charge < -0.3 is 5.73 Å². The molecular formula is C22H18N6O. The standard InChI is InChI=1S/C22H18N6O/c1-14-10-17(12-26-21(14)16-7-9-27-28-13-16)20(22(23)29)19-6-5-15(11-25-19)18-4-2-3-8-24-18/h2-13,20H,1H3,(H2,23,29). The fourth-order valence-corrected chi connectivity index (χ4v) is 3.23. The van der Waals surface area contributed by atoms with Crippen LogP contribution in [0.2, 0.25) is 0 Å². The van der Waals surface area contributed by atoms with Crippen molar-refractivity contribution in [2.45, 2.75) is 12.8 Å². The van der Waals surface area contributed by atoms with Crippen molar-refractivity contribution < 1.29 is 4.79 Å². The molecule has 0 saturated carbocycles. The van der Waals surface area contributed by atoms with E-state index < -0.39 is 11.8 Å². The van der Waals surface area contributed by atoms with E-state index in [4.69, 9.17) is 5.73 Å². The first kappa shape index (κ1) is 18.4. The third kappa shape index (κ3) is 3.84. The number of nitrogens with zero attached hydrogens (tertiary/aromatic N) is 5. The van der Waals surface area contributed by atoms with Crippen LogP contribution in [0.1, 0.15) is 22.7 Å². The molecule has 0 bridgehead atoms. The number of amides is 1. The maximum atomic E-state index is 12.2. The smallest absolute Gasteiger partial charge is 0.231 e. The summed E-state index contributed by atoms with van der Waals surface area (Å²) in [6.07, 6.45) is 8.35. The molecule has 1 atom stereocenters. The van der Waals surface area contributed by atoms with Crippen LogP contribution in [0.5, 0.6) is 0 Å². The zero-order chi connectivity index (χ0) is 20.2. The van der Waals surface area contributed by atoms with Gasteiger partial charge in [0, 0.05) is 29.7 Å². The van der Waals surface area contributed by atoms with Crippen LogP contribution in [0.25, 0.3) is 22.5 Å². The molecule has 4 rings (SSSR count). The number of hydrogen-bond donors (Lipinski definition) is 1. The molecule has 0 aliphatic rings. The lowest BCUT2D eigenvalue weighted by Gasteiger charge is -2.15. The number of aromatic nitrogens is 5. The molecule has 1 amide bonds. The Morgan fingerprint density at radius 3 is 2.41 bits per heavy atom. The summed E-state index contributed by atoms with van der Waals surface area (Å²) in [6, 6.07) is 13.1. The maximum absolute atomic E-state index is 12.2.